The molecule has 16 heavy (non-hydrogen) atoms. The van der Waals surface area contributed by atoms with Gasteiger partial charge in [-0.3, -0.25) is 0 Å². The maximum absolute atomic E-state index is 12.9. The average molecular weight is 232 g/mol. The molecule has 0 radical (unpaired) electrons. The highest BCUT2D eigenvalue weighted by Crippen LogP contribution is 2.30. The van der Waals surface area contributed by atoms with Gasteiger partial charge in [0.05, 0.1) is 12.2 Å². The average Bonchev–Trinajstić information content (AvgIpc) is 2.16. The van der Waals surface area contributed by atoms with Crippen LogP contribution in [0.4, 0.5) is 17.6 Å². The Balaban J connectivity index is 3.05. The Morgan fingerprint density at radius 1 is 1.19 bits per heavy atom. The fraction of sp³-hybridized carbons (Fsp3) is 0.273. The molecule has 0 aliphatic heterocycles. The van der Waals surface area contributed by atoms with Crippen LogP contribution >= 0.6 is 0 Å². The van der Waals surface area contributed by atoms with Gasteiger partial charge in [0.15, 0.2) is 0 Å². The fourth-order valence-corrected chi connectivity index (χ4v) is 1.05. The lowest BCUT2D eigenvalue weighted by Crippen LogP contribution is -2.05. The molecule has 0 saturated heterocycles. The summed E-state index contributed by atoms with van der Waals surface area (Å²) in [6, 6.07) is 2.10. The fourth-order valence-electron chi connectivity index (χ4n) is 1.05. The molecule has 0 aliphatic rings. The lowest BCUT2D eigenvalue weighted by atomic mass is 10.1. The maximum atomic E-state index is 12.9. The predicted molar refractivity (Wildman–Crippen MR) is 50.0 cm³/mol. The number of aliphatic hydroxyl groups is 1. The summed E-state index contributed by atoms with van der Waals surface area (Å²) in [5, 5.41) is 8.43. The largest absolute Gasteiger partial charge is 0.416 e. The second-order valence-electron chi connectivity index (χ2n) is 3.00. The third-order valence-electron chi connectivity index (χ3n) is 1.69. The van der Waals surface area contributed by atoms with Gasteiger partial charge in [0.2, 0.25) is 0 Å². The van der Waals surface area contributed by atoms with Crippen LogP contribution in [0.2, 0.25) is 0 Å². The quantitative estimate of drug-likeness (QED) is 0.582. The lowest BCUT2D eigenvalue weighted by molar-refractivity contribution is -0.137. The van der Waals surface area contributed by atoms with Crippen molar-refractivity contribution in [2.24, 2.45) is 0 Å². The van der Waals surface area contributed by atoms with Gasteiger partial charge in [-0.1, -0.05) is 11.8 Å². The Morgan fingerprint density at radius 3 is 2.44 bits per heavy atom. The SMILES string of the molecule is OCCC#Cc1cc(F)cc(C(F)(F)F)c1. The Morgan fingerprint density at radius 2 is 1.88 bits per heavy atom. The van der Waals surface area contributed by atoms with E-state index in [0.29, 0.717) is 6.07 Å². The van der Waals surface area contributed by atoms with Gasteiger partial charge in [-0.15, -0.1) is 0 Å². The summed E-state index contributed by atoms with van der Waals surface area (Å²) in [7, 11) is 0. The van der Waals surface area contributed by atoms with Gasteiger partial charge in [0, 0.05) is 12.0 Å². The van der Waals surface area contributed by atoms with Gasteiger partial charge >= 0.3 is 6.18 Å². The molecule has 86 valence electrons. The van der Waals surface area contributed by atoms with Crippen molar-refractivity contribution in [1.29, 1.82) is 0 Å². The molecular weight excluding hydrogens is 224 g/mol. The maximum Gasteiger partial charge on any atom is 0.416 e. The molecule has 1 nitrogen and oxygen atoms in total. The summed E-state index contributed by atoms with van der Waals surface area (Å²) >= 11 is 0. The third kappa shape index (κ3) is 3.55. The van der Waals surface area contributed by atoms with Crippen molar-refractivity contribution in [2.75, 3.05) is 6.61 Å². The Labute approximate surface area is 89.7 Å². The molecule has 0 amide bonds. The summed E-state index contributed by atoms with van der Waals surface area (Å²) in [6.07, 6.45) is -4.45. The lowest BCUT2D eigenvalue weighted by Gasteiger charge is -2.06. The molecule has 0 aliphatic carbocycles. The van der Waals surface area contributed by atoms with E-state index in [4.69, 9.17) is 5.11 Å². The van der Waals surface area contributed by atoms with E-state index >= 15 is 0 Å². The number of halogens is 4. The van der Waals surface area contributed by atoms with Crippen LogP contribution in [0, 0.1) is 17.7 Å². The molecule has 0 unspecified atom stereocenters. The number of alkyl halides is 3. The molecule has 0 atom stereocenters. The van der Waals surface area contributed by atoms with Crippen molar-refractivity contribution in [3.8, 4) is 11.8 Å². The normalized spacial score (nSPS) is 10.8. The topological polar surface area (TPSA) is 20.2 Å². The number of hydrogen-bond acceptors (Lipinski definition) is 1. The summed E-state index contributed by atoms with van der Waals surface area (Å²) in [4.78, 5) is 0. The van der Waals surface area contributed by atoms with E-state index in [0.717, 1.165) is 12.1 Å². The smallest absolute Gasteiger partial charge is 0.395 e. The van der Waals surface area contributed by atoms with Crippen molar-refractivity contribution in [3.05, 3.63) is 35.1 Å². The second kappa shape index (κ2) is 4.99. The molecular formula is C11H8F4O. The van der Waals surface area contributed by atoms with Crippen molar-refractivity contribution in [1.82, 2.24) is 0 Å². The van der Waals surface area contributed by atoms with Gasteiger partial charge < -0.3 is 5.11 Å². The Hall–Kier alpha value is -1.54. The van der Waals surface area contributed by atoms with E-state index in [-0.39, 0.29) is 18.6 Å². The van der Waals surface area contributed by atoms with Crippen LogP contribution in [-0.2, 0) is 6.18 Å². The molecule has 1 aromatic carbocycles. The van der Waals surface area contributed by atoms with E-state index < -0.39 is 17.6 Å². The first-order valence-corrected chi connectivity index (χ1v) is 4.41. The van der Waals surface area contributed by atoms with Crippen LogP contribution < -0.4 is 0 Å². The minimum atomic E-state index is -4.59. The van der Waals surface area contributed by atoms with E-state index in [1.54, 1.807) is 0 Å². The molecule has 0 aromatic heterocycles. The number of rotatable bonds is 1. The molecule has 5 heteroatoms. The minimum absolute atomic E-state index is 0.0548. The zero-order chi connectivity index (χ0) is 12.2. The van der Waals surface area contributed by atoms with Gasteiger partial charge in [0.1, 0.15) is 5.82 Å². The van der Waals surface area contributed by atoms with Crippen molar-refractivity contribution < 1.29 is 22.7 Å². The van der Waals surface area contributed by atoms with Crippen molar-refractivity contribution in [3.63, 3.8) is 0 Å². The van der Waals surface area contributed by atoms with Crippen LogP contribution in [-0.4, -0.2) is 11.7 Å². The van der Waals surface area contributed by atoms with Crippen LogP contribution in [0.1, 0.15) is 17.5 Å². The van der Waals surface area contributed by atoms with E-state index in [2.05, 4.69) is 11.8 Å². The summed E-state index contributed by atoms with van der Waals surface area (Å²) in [6.45, 7) is -0.186. The van der Waals surface area contributed by atoms with Gasteiger partial charge in [-0.2, -0.15) is 13.2 Å². The van der Waals surface area contributed by atoms with Crippen LogP contribution in [0.25, 0.3) is 0 Å². The molecule has 1 N–H and O–H groups in total. The Bertz CT molecular complexity index is 426. The Kier molecular flexibility index (Phi) is 3.91. The molecule has 0 saturated carbocycles. The monoisotopic (exact) mass is 232 g/mol. The van der Waals surface area contributed by atoms with Crippen LogP contribution in [0.15, 0.2) is 18.2 Å². The first-order chi connectivity index (χ1) is 7.43. The highest BCUT2D eigenvalue weighted by atomic mass is 19.4. The second-order valence-corrected chi connectivity index (χ2v) is 3.00. The highest BCUT2D eigenvalue weighted by Gasteiger charge is 2.31. The standard InChI is InChI=1S/C11H8F4O/c12-10-6-8(3-1-2-4-16)5-9(7-10)11(13,14)15/h5-7,16H,2,4H2. The van der Waals surface area contributed by atoms with E-state index in [1.165, 1.54) is 0 Å². The van der Waals surface area contributed by atoms with Crippen LogP contribution in [0.3, 0.4) is 0 Å². The third-order valence-corrected chi connectivity index (χ3v) is 1.69. The van der Waals surface area contributed by atoms with Crippen molar-refractivity contribution in [2.45, 2.75) is 12.6 Å². The van der Waals surface area contributed by atoms with E-state index in [9.17, 15) is 17.6 Å². The van der Waals surface area contributed by atoms with Gasteiger partial charge in [-0.05, 0) is 18.2 Å². The van der Waals surface area contributed by atoms with Crippen molar-refractivity contribution >= 4 is 0 Å². The number of aliphatic hydroxyl groups excluding tert-OH is 1. The molecule has 1 aromatic rings. The number of benzene rings is 1. The highest BCUT2D eigenvalue weighted by molar-refractivity contribution is 5.38. The summed E-state index contributed by atoms with van der Waals surface area (Å²) in [5.74, 6) is 3.79. The van der Waals surface area contributed by atoms with E-state index in [1.807, 2.05) is 0 Å². The summed E-state index contributed by atoms with van der Waals surface area (Å²) < 4.78 is 49.7. The predicted octanol–water partition coefficient (Wildman–Crippen LogP) is 2.58. The molecule has 0 heterocycles. The molecule has 1 rings (SSSR count). The van der Waals surface area contributed by atoms with Gasteiger partial charge in [-0.25, -0.2) is 4.39 Å². The summed E-state index contributed by atoms with van der Waals surface area (Å²) in [5.41, 5.74) is -1.12. The number of hydrogen-bond donors (Lipinski definition) is 1. The van der Waals surface area contributed by atoms with Crippen LogP contribution in [0.5, 0.6) is 0 Å². The zero-order valence-electron chi connectivity index (χ0n) is 8.11. The first-order valence-electron chi connectivity index (χ1n) is 4.41. The molecule has 0 bridgehead atoms. The van der Waals surface area contributed by atoms with Gasteiger partial charge in [0.25, 0.3) is 0 Å². The molecule has 0 spiro atoms. The first kappa shape index (κ1) is 12.5. The zero-order valence-corrected chi connectivity index (χ0v) is 8.11. The minimum Gasteiger partial charge on any atom is -0.395 e. The molecule has 0 fully saturated rings.